The largest absolute Gasteiger partial charge is 0.463 e. The van der Waals surface area contributed by atoms with Crippen molar-refractivity contribution in [2.75, 3.05) is 43.1 Å². The molecule has 0 aliphatic carbocycles. The molecule has 3 aromatic rings. The highest BCUT2D eigenvalue weighted by Gasteiger charge is 2.34. The van der Waals surface area contributed by atoms with Crippen LogP contribution in [0.4, 0.5) is 24.1 Å². The molecule has 0 radical (unpaired) electrons. The molecule has 0 bridgehead atoms. The third kappa shape index (κ3) is 3.49. The summed E-state index contributed by atoms with van der Waals surface area (Å²) in [4.78, 5) is 28.0. The number of carbonyl (C=O) groups excluding carboxylic acids is 1. The molecule has 3 aromatic heterocycles. The van der Waals surface area contributed by atoms with Gasteiger partial charge in [0.25, 0.3) is 0 Å². The second kappa shape index (κ2) is 7.17. The maximum Gasteiger partial charge on any atom is 0.434 e. The first-order valence-electron chi connectivity index (χ1n) is 8.23. The van der Waals surface area contributed by atoms with Crippen LogP contribution in [0.5, 0.6) is 0 Å². The normalized spacial score (nSPS) is 15.3. The van der Waals surface area contributed by atoms with Gasteiger partial charge >= 0.3 is 12.1 Å². The van der Waals surface area contributed by atoms with Gasteiger partial charge < -0.3 is 14.5 Å². The Balaban J connectivity index is 1.55. The number of anilines is 2. The van der Waals surface area contributed by atoms with Crippen LogP contribution in [0.2, 0.25) is 0 Å². The van der Waals surface area contributed by atoms with Crippen molar-refractivity contribution in [3.8, 4) is 0 Å². The fourth-order valence-corrected chi connectivity index (χ4v) is 4.63. The van der Waals surface area contributed by atoms with Crippen LogP contribution >= 0.6 is 22.7 Å². The van der Waals surface area contributed by atoms with Crippen LogP contribution < -0.4 is 9.80 Å². The summed E-state index contributed by atoms with van der Waals surface area (Å²) in [5.41, 5.74) is -0.207. The van der Waals surface area contributed by atoms with E-state index in [2.05, 4.69) is 15.0 Å². The lowest BCUT2D eigenvalue weighted by molar-refractivity contribution is -0.140. The summed E-state index contributed by atoms with van der Waals surface area (Å²) in [7, 11) is 1.27. The Morgan fingerprint density at radius 2 is 1.82 bits per heavy atom. The van der Waals surface area contributed by atoms with E-state index in [-0.39, 0.29) is 5.82 Å². The Morgan fingerprint density at radius 1 is 1.11 bits per heavy atom. The van der Waals surface area contributed by atoms with E-state index >= 15 is 0 Å². The van der Waals surface area contributed by atoms with Crippen LogP contribution in [0.15, 0.2) is 16.8 Å². The Bertz CT molecular complexity index is 1010. The van der Waals surface area contributed by atoms with E-state index < -0.39 is 17.8 Å². The molecule has 0 unspecified atom stereocenters. The van der Waals surface area contributed by atoms with Crippen LogP contribution in [0.25, 0.3) is 10.2 Å². The second-order valence-electron chi connectivity index (χ2n) is 5.98. The SMILES string of the molecule is COC(=O)c1nc(N2CCN(c3nc(C(F)(F)F)cs3)CC2)c2sccc2n1. The van der Waals surface area contributed by atoms with E-state index in [0.717, 1.165) is 21.4 Å². The predicted molar refractivity (Wildman–Crippen MR) is 100 cm³/mol. The van der Waals surface area contributed by atoms with E-state index in [1.807, 2.05) is 21.2 Å². The molecule has 148 valence electrons. The summed E-state index contributed by atoms with van der Waals surface area (Å²) < 4.78 is 43.9. The minimum atomic E-state index is -4.44. The van der Waals surface area contributed by atoms with Gasteiger partial charge in [0.05, 0.1) is 17.3 Å². The van der Waals surface area contributed by atoms with E-state index in [9.17, 15) is 18.0 Å². The summed E-state index contributed by atoms with van der Waals surface area (Å²) in [6.45, 7) is 2.06. The molecule has 12 heteroatoms. The standard InChI is InChI=1S/C16H14F3N5O2S2/c1-26-14(25)12-20-9-2-7-27-11(9)13(22-12)23-3-5-24(6-4-23)15-21-10(8-28-15)16(17,18)19/h2,7-8H,3-6H2,1H3. The van der Waals surface area contributed by atoms with Crippen LogP contribution in [-0.2, 0) is 10.9 Å². The number of carbonyl (C=O) groups is 1. The van der Waals surface area contributed by atoms with Crippen molar-refractivity contribution >= 4 is 49.8 Å². The average Bonchev–Trinajstić information content (AvgIpc) is 3.36. The quantitative estimate of drug-likeness (QED) is 0.592. The molecule has 0 N–H and O–H groups in total. The number of aromatic nitrogens is 3. The van der Waals surface area contributed by atoms with Gasteiger partial charge in [-0.1, -0.05) is 0 Å². The molecule has 0 amide bonds. The van der Waals surface area contributed by atoms with E-state index in [0.29, 0.717) is 42.6 Å². The third-order valence-electron chi connectivity index (χ3n) is 4.29. The lowest BCUT2D eigenvalue weighted by Crippen LogP contribution is -2.47. The Labute approximate surface area is 165 Å². The third-order valence-corrected chi connectivity index (χ3v) is 6.09. The van der Waals surface area contributed by atoms with E-state index in [1.54, 1.807) is 0 Å². The summed E-state index contributed by atoms with van der Waals surface area (Å²) in [5, 5.41) is 3.25. The number of methoxy groups -OCH3 is 1. The summed E-state index contributed by atoms with van der Waals surface area (Å²) in [5.74, 6) is 0.00573. The second-order valence-corrected chi connectivity index (χ2v) is 7.74. The summed E-state index contributed by atoms with van der Waals surface area (Å²) >= 11 is 2.46. The van der Waals surface area contributed by atoms with Gasteiger partial charge in [0.2, 0.25) is 5.82 Å². The lowest BCUT2D eigenvalue weighted by Gasteiger charge is -2.35. The molecule has 1 fully saturated rings. The number of alkyl halides is 3. The van der Waals surface area contributed by atoms with Crippen LogP contribution in [0, 0.1) is 0 Å². The molecule has 0 atom stereocenters. The molecule has 28 heavy (non-hydrogen) atoms. The topological polar surface area (TPSA) is 71.5 Å². The van der Waals surface area contributed by atoms with Crippen molar-refractivity contribution in [1.82, 2.24) is 15.0 Å². The Morgan fingerprint density at radius 3 is 2.46 bits per heavy atom. The zero-order valence-corrected chi connectivity index (χ0v) is 16.2. The minimum absolute atomic E-state index is 0.0134. The number of rotatable bonds is 3. The van der Waals surface area contributed by atoms with E-state index in [4.69, 9.17) is 4.74 Å². The zero-order chi connectivity index (χ0) is 19.9. The molecule has 1 aliphatic rings. The number of thiophene rings is 1. The summed E-state index contributed by atoms with van der Waals surface area (Å²) in [6, 6.07) is 1.81. The number of ether oxygens (including phenoxy) is 1. The number of hydrogen-bond acceptors (Lipinski definition) is 9. The average molecular weight is 429 g/mol. The van der Waals surface area contributed by atoms with E-state index in [1.165, 1.54) is 18.4 Å². The number of nitrogens with zero attached hydrogens (tertiary/aromatic N) is 5. The van der Waals surface area contributed by atoms with Crippen LogP contribution in [0.3, 0.4) is 0 Å². The highest BCUT2D eigenvalue weighted by Crippen LogP contribution is 2.34. The molecule has 0 aromatic carbocycles. The van der Waals surface area contributed by atoms with Gasteiger partial charge in [0.1, 0.15) is 0 Å². The molecular formula is C16H14F3N5O2S2. The fraction of sp³-hybridized carbons (Fsp3) is 0.375. The zero-order valence-electron chi connectivity index (χ0n) is 14.6. The van der Waals surface area contributed by atoms with Crippen molar-refractivity contribution in [1.29, 1.82) is 0 Å². The number of thiazole rings is 1. The highest BCUT2D eigenvalue weighted by atomic mass is 32.1. The van der Waals surface area contributed by atoms with Gasteiger partial charge in [0, 0.05) is 31.6 Å². The molecule has 0 spiro atoms. The predicted octanol–water partition coefficient (Wildman–Crippen LogP) is 3.28. The van der Waals surface area contributed by atoms with Crippen LogP contribution in [-0.4, -0.2) is 54.2 Å². The fourth-order valence-electron chi connectivity index (χ4n) is 2.89. The van der Waals surface area contributed by atoms with Crippen molar-refractivity contribution in [3.63, 3.8) is 0 Å². The first-order valence-corrected chi connectivity index (χ1v) is 9.99. The van der Waals surface area contributed by atoms with Gasteiger partial charge in [-0.05, 0) is 11.4 Å². The number of fused-ring (bicyclic) bond motifs is 1. The smallest absolute Gasteiger partial charge is 0.434 e. The Hall–Kier alpha value is -2.47. The lowest BCUT2D eigenvalue weighted by atomic mass is 10.3. The molecule has 1 aliphatic heterocycles. The van der Waals surface area contributed by atoms with Crippen molar-refractivity contribution in [3.05, 3.63) is 28.3 Å². The molecule has 4 heterocycles. The molecule has 7 nitrogen and oxygen atoms in total. The van der Waals surface area contributed by atoms with Gasteiger partial charge in [-0.3, -0.25) is 0 Å². The van der Waals surface area contributed by atoms with Gasteiger partial charge in [-0.15, -0.1) is 22.7 Å². The molecular weight excluding hydrogens is 415 g/mol. The highest BCUT2D eigenvalue weighted by molar-refractivity contribution is 7.17. The maximum absolute atomic E-state index is 12.8. The van der Waals surface area contributed by atoms with Gasteiger partial charge in [0.15, 0.2) is 16.6 Å². The molecule has 4 rings (SSSR count). The number of piperazine rings is 1. The maximum atomic E-state index is 12.8. The van der Waals surface area contributed by atoms with Gasteiger partial charge in [-0.2, -0.15) is 13.2 Å². The monoisotopic (exact) mass is 429 g/mol. The van der Waals surface area contributed by atoms with Crippen molar-refractivity contribution in [2.24, 2.45) is 0 Å². The molecule has 1 saturated heterocycles. The number of halogens is 3. The van der Waals surface area contributed by atoms with Crippen molar-refractivity contribution in [2.45, 2.75) is 6.18 Å². The van der Waals surface area contributed by atoms with Crippen molar-refractivity contribution < 1.29 is 22.7 Å². The molecule has 0 saturated carbocycles. The summed E-state index contributed by atoms with van der Waals surface area (Å²) in [6.07, 6.45) is -4.44. The Kier molecular flexibility index (Phi) is 4.83. The van der Waals surface area contributed by atoms with Gasteiger partial charge in [-0.25, -0.2) is 19.7 Å². The minimum Gasteiger partial charge on any atom is -0.463 e. The number of hydrogen-bond donors (Lipinski definition) is 0. The van der Waals surface area contributed by atoms with Crippen LogP contribution in [0.1, 0.15) is 16.3 Å². The first-order chi connectivity index (χ1) is 13.4. The number of esters is 1. The first kappa shape index (κ1) is 18.9.